The van der Waals surface area contributed by atoms with E-state index in [0.717, 1.165) is 18.6 Å². The molecule has 27 heavy (non-hydrogen) atoms. The zero-order valence-electron chi connectivity index (χ0n) is 15.6. The number of ether oxygens (including phenoxy) is 2. The fraction of sp³-hybridized carbons (Fsp3) is 0.381. The number of hydrogen-bond donors (Lipinski definition) is 3. The Labute approximate surface area is 160 Å². The van der Waals surface area contributed by atoms with Crippen molar-refractivity contribution >= 4 is 6.09 Å². The Kier molecular flexibility index (Phi) is 6.68. The van der Waals surface area contributed by atoms with Gasteiger partial charge in [0.1, 0.15) is 12.4 Å². The summed E-state index contributed by atoms with van der Waals surface area (Å²) in [5, 5.41) is 0. The maximum absolute atomic E-state index is 11.7. The summed E-state index contributed by atoms with van der Waals surface area (Å²) in [6, 6.07) is 16.6. The van der Waals surface area contributed by atoms with Crippen molar-refractivity contribution in [2.45, 2.75) is 31.7 Å². The molecule has 0 aromatic heterocycles. The molecule has 6 heteroatoms. The topological polar surface area (TPSA) is 85.6 Å². The van der Waals surface area contributed by atoms with Crippen molar-refractivity contribution in [2.24, 2.45) is 5.73 Å². The van der Waals surface area contributed by atoms with E-state index in [9.17, 15) is 4.79 Å². The molecule has 2 atom stereocenters. The lowest BCUT2D eigenvalue weighted by Gasteiger charge is -2.22. The summed E-state index contributed by atoms with van der Waals surface area (Å²) in [6.07, 6.45) is 1.24. The minimum Gasteiger partial charge on any atom is -0.492 e. The number of carbonyl (C=O) groups is 1. The van der Waals surface area contributed by atoms with E-state index < -0.39 is 6.09 Å². The third-order valence-electron chi connectivity index (χ3n) is 4.76. The van der Waals surface area contributed by atoms with Gasteiger partial charge in [-0.1, -0.05) is 36.4 Å². The van der Waals surface area contributed by atoms with Gasteiger partial charge in [-0.05, 0) is 48.6 Å². The standard InChI is InChI=1S/C21H27N3O3/c1-2-26-21(25)24-23-20-13-16-8-9-17(27-11-10-22)14-18(16)19(20)12-15-6-4-3-5-7-15/h3-9,14,19-20,23H,2,10-13,22H2,1H3,(H,24,25). The minimum atomic E-state index is -0.459. The van der Waals surface area contributed by atoms with Gasteiger partial charge in [0.05, 0.1) is 6.61 Å². The van der Waals surface area contributed by atoms with Crippen LogP contribution in [-0.4, -0.2) is 31.9 Å². The number of carbonyl (C=O) groups excluding carboxylic acids is 1. The van der Waals surface area contributed by atoms with E-state index in [4.69, 9.17) is 15.2 Å². The van der Waals surface area contributed by atoms with Gasteiger partial charge in [-0.3, -0.25) is 5.43 Å². The summed E-state index contributed by atoms with van der Waals surface area (Å²) < 4.78 is 10.7. The molecule has 2 unspecified atom stereocenters. The van der Waals surface area contributed by atoms with Crippen LogP contribution in [-0.2, 0) is 17.6 Å². The van der Waals surface area contributed by atoms with Crippen LogP contribution in [0.4, 0.5) is 4.79 Å². The van der Waals surface area contributed by atoms with E-state index in [2.05, 4.69) is 35.1 Å². The van der Waals surface area contributed by atoms with E-state index in [1.54, 1.807) is 6.92 Å². The second kappa shape index (κ2) is 9.39. The summed E-state index contributed by atoms with van der Waals surface area (Å²) in [7, 11) is 0. The van der Waals surface area contributed by atoms with Gasteiger partial charge >= 0.3 is 6.09 Å². The number of amides is 1. The summed E-state index contributed by atoms with van der Waals surface area (Å²) in [6.45, 7) is 3.10. The third kappa shape index (κ3) is 4.99. The van der Waals surface area contributed by atoms with Crippen LogP contribution in [0.1, 0.15) is 29.5 Å². The Morgan fingerprint density at radius 1 is 1.22 bits per heavy atom. The fourth-order valence-corrected chi connectivity index (χ4v) is 3.56. The van der Waals surface area contributed by atoms with Crippen LogP contribution >= 0.6 is 0 Å². The van der Waals surface area contributed by atoms with Gasteiger partial charge in [0.25, 0.3) is 0 Å². The first-order chi connectivity index (χ1) is 13.2. The minimum absolute atomic E-state index is 0.0781. The maximum atomic E-state index is 11.7. The molecule has 3 rings (SSSR count). The van der Waals surface area contributed by atoms with Gasteiger partial charge in [0.15, 0.2) is 0 Å². The highest BCUT2D eigenvalue weighted by atomic mass is 16.5. The Balaban J connectivity index is 1.79. The summed E-state index contributed by atoms with van der Waals surface area (Å²) in [5.74, 6) is 1.04. The number of fused-ring (bicyclic) bond motifs is 1. The summed E-state index contributed by atoms with van der Waals surface area (Å²) >= 11 is 0. The quantitative estimate of drug-likeness (QED) is 0.623. The molecule has 1 aliphatic rings. The van der Waals surface area contributed by atoms with Crippen molar-refractivity contribution in [3.05, 3.63) is 65.2 Å². The molecule has 2 aromatic rings. The number of hydrazine groups is 1. The highest BCUT2D eigenvalue weighted by Gasteiger charge is 2.33. The number of benzene rings is 2. The largest absolute Gasteiger partial charge is 0.492 e. The van der Waals surface area contributed by atoms with E-state index in [0.29, 0.717) is 19.8 Å². The first kappa shape index (κ1) is 19.2. The van der Waals surface area contributed by atoms with Crippen LogP contribution in [0.15, 0.2) is 48.5 Å². The highest BCUT2D eigenvalue weighted by Crippen LogP contribution is 2.37. The lowest BCUT2D eigenvalue weighted by molar-refractivity contribution is 0.144. The predicted molar refractivity (Wildman–Crippen MR) is 105 cm³/mol. The first-order valence-corrected chi connectivity index (χ1v) is 9.39. The average molecular weight is 369 g/mol. The Morgan fingerprint density at radius 3 is 2.78 bits per heavy atom. The Morgan fingerprint density at radius 2 is 2.04 bits per heavy atom. The van der Waals surface area contributed by atoms with Crippen LogP contribution in [0.25, 0.3) is 0 Å². The molecule has 0 heterocycles. The van der Waals surface area contributed by atoms with Crippen LogP contribution in [0.2, 0.25) is 0 Å². The highest BCUT2D eigenvalue weighted by molar-refractivity contribution is 5.66. The molecule has 4 N–H and O–H groups in total. The van der Waals surface area contributed by atoms with E-state index >= 15 is 0 Å². The van der Waals surface area contributed by atoms with Crippen molar-refractivity contribution in [1.29, 1.82) is 0 Å². The molecule has 144 valence electrons. The lowest BCUT2D eigenvalue weighted by Crippen LogP contribution is -2.46. The molecule has 0 fully saturated rings. The molecule has 1 amide bonds. The van der Waals surface area contributed by atoms with Crippen molar-refractivity contribution in [2.75, 3.05) is 19.8 Å². The third-order valence-corrected chi connectivity index (χ3v) is 4.76. The zero-order valence-corrected chi connectivity index (χ0v) is 15.6. The molecule has 0 bridgehead atoms. The molecule has 0 spiro atoms. The SMILES string of the molecule is CCOC(=O)NNC1Cc2ccc(OCCN)cc2C1Cc1ccccc1. The number of hydrogen-bond acceptors (Lipinski definition) is 5. The monoisotopic (exact) mass is 369 g/mol. The van der Waals surface area contributed by atoms with E-state index in [1.807, 2.05) is 24.3 Å². The predicted octanol–water partition coefficient (Wildman–Crippen LogP) is 2.53. The molecule has 6 nitrogen and oxygen atoms in total. The Hall–Kier alpha value is -2.57. The first-order valence-electron chi connectivity index (χ1n) is 9.39. The zero-order chi connectivity index (χ0) is 19.1. The van der Waals surface area contributed by atoms with E-state index in [-0.39, 0.29) is 12.0 Å². The molecule has 0 aliphatic heterocycles. The molecular weight excluding hydrogens is 342 g/mol. The molecule has 0 saturated heterocycles. The fourth-order valence-electron chi connectivity index (χ4n) is 3.56. The second-order valence-electron chi connectivity index (χ2n) is 6.59. The number of nitrogens with two attached hydrogens (primary N) is 1. The van der Waals surface area contributed by atoms with Gasteiger partial charge in [-0.25, -0.2) is 10.2 Å². The van der Waals surface area contributed by atoms with Gasteiger partial charge in [0.2, 0.25) is 0 Å². The van der Waals surface area contributed by atoms with Crippen LogP contribution in [0.3, 0.4) is 0 Å². The van der Waals surface area contributed by atoms with Crippen molar-refractivity contribution in [3.8, 4) is 5.75 Å². The molecule has 1 aliphatic carbocycles. The van der Waals surface area contributed by atoms with Crippen molar-refractivity contribution in [1.82, 2.24) is 10.9 Å². The number of nitrogens with one attached hydrogen (secondary N) is 2. The van der Waals surface area contributed by atoms with Crippen LogP contribution < -0.4 is 21.3 Å². The number of rotatable bonds is 8. The average Bonchev–Trinajstić information content (AvgIpc) is 3.02. The van der Waals surface area contributed by atoms with Gasteiger partial charge in [0, 0.05) is 18.5 Å². The van der Waals surface area contributed by atoms with Crippen LogP contribution in [0.5, 0.6) is 5.75 Å². The lowest BCUT2D eigenvalue weighted by atomic mass is 9.91. The molecule has 0 radical (unpaired) electrons. The molecular formula is C21H27N3O3. The molecule has 2 aromatic carbocycles. The second-order valence-corrected chi connectivity index (χ2v) is 6.59. The smallest absolute Gasteiger partial charge is 0.421 e. The maximum Gasteiger partial charge on any atom is 0.421 e. The summed E-state index contributed by atoms with van der Waals surface area (Å²) in [4.78, 5) is 11.7. The Bertz CT molecular complexity index is 752. The van der Waals surface area contributed by atoms with Crippen LogP contribution in [0, 0.1) is 0 Å². The van der Waals surface area contributed by atoms with E-state index in [1.165, 1.54) is 16.7 Å². The van der Waals surface area contributed by atoms with Gasteiger partial charge in [-0.2, -0.15) is 0 Å². The normalized spacial score (nSPS) is 18.0. The summed E-state index contributed by atoms with van der Waals surface area (Å²) in [5.41, 5.74) is 15.1. The van der Waals surface area contributed by atoms with Gasteiger partial charge < -0.3 is 15.2 Å². The van der Waals surface area contributed by atoms with Crippen molar-refractivity contribution < 1.29 is 14.3 Å². The van der Waals surface area contributed by atoms with Crippen molar-refractivity contribution in [3.63, 3.8) is 0 Å². The molecule has 0 saturated carbocycles. The van der Waals surface area contributed by atoms with Gasteiger partial charge in [-0.15, -0.1) is 0 Å².